The van der Waals surface area contributed by atoms with Crippen LogP contribution in [0.4, 0.5) is 11.6 Å². The first-order valence-corrected chi connectivity index (χ1v) is 21.2. The van der Waals surface area contributed by atoms with Crippen LogP contribution in [0.2, 0.25) is 0 Å². The molecule has 0 aliphatic rings. The predicted octanol–water partition coefficient (Wildman–Crippen LogP) is 9.58. The van der Waals surface area contributed by atoms with Gasteiger partial charge in [-0.05, 0) is 97.5 Å². The summed E-state index contributed by atoms with van der Waals surface area (Å²) >= 11 is 0. The lowest BCUT2D eigenvalue weighted by molar-refractivity contribution is -0.141. The Labute approximate surface area is 364 Å². The molecule has 12 nitrogen and oxygen atoms in total. The standard InChI is InChI=1S/2C25H29N3O3/c2*1-4-7-21(27-24-17(2)16-20-8-5-6-9-22(20)28-24)18-10-12-19(13-11-18)25(30)26-15-14-23(29)31-3/h2*5-6,8-13,16,21H,4,7,14-15H2,1-3H3,(H,26,30)(H,27,28)/t2*21-/m10/s1. The number of pyridine rings is 2. The lowest BCUT2D eigenvalue weighted by Crippen LogP contribution is -2.26. The molecule has 6 rings (SSSR count). The molecule has 0 saturated heterocycles. The molecule has 0 saturated carbocycles. The van der Waals surface area contributed by atoms with Crippen LogP contribution in [0.15, 0.2) is 109 Å². The van der Waals surface area contributed by atoms with Crippen molar-refractivity contribution < 1.29 is 28.7 Å². The fourth-order valence-corrected chi connectivity index (χ4v) is 6.99. The van der Waals surface area contributed by atoms with E-state index < -0.39 is 0 Å². The molecule has 0 aliphatic carbocycles. The first-order valence-electron chi connectivity index (χ1n) is 21.2. The van der Waals surface area contributed by atoms with E-state index >= 15 is 0 Å². The van der Waals surface area contributed by atoms with Crippen LogP contribution in [0.3, 0.4) is 0 Å². The van der Waals surface area contributed by atoms with Crippen LogP contribution >= 0.6 is 0 Å². The Morgan fingerprint density at radius 2 is 0.919 bits per heavy atom. The highest BCUT2D eigenvalue weighted by atomic mass is 16.5. The van der Waals surface area contributed by atoms with E-state index in [1.807, 2.05) is 84.9 Å². The van der Waals surface area contributed by atoms with Gasteiger partial charge in [-0.1, -0.05) is 87.4 Å². The smallest absolute Gasteiger partial charge is 0.307 e. The minimum Gasteiger partial charge on any atom is -0.469 e. The van der Waals surface area contributed by atoms with Crippen LogP contribution in [0.1, 0.15) is 107 Å². The molecule has 0 fully saturated rings. The molecule has 0 unspecified atom stereocenters. The fourth-order valence-electron chi connectivity index (χ4n) is 6.99. The van der Waals surface area contributed by atoms with Crippen LogP contribution in [-0.4, -0.2) is 61.0 Å². The number of methoxy groups -OCH3 is 2. The van der Waals surface area contributed by atoms with Gasteiger partial charge in [0.05, 0.1) is 50.2 Å². The summed E-state index contributed by atoms with van der Waals surface area (Å²) in [7, 11) is 2.66. The van der Waals surface area contributed by atoms with E-state index in [0.717, 1.165) is 81.4 Å². The molecule has 2 aromatic heterocycles. The van der Waals surface area contributed by atoms with Gasteiger partial charge < -0.3 is 30.7 Å². The number of para-hydroxylation sites is 2. The Kier molecular flexibility index (Phi) is 17.3. The van der Waals surface area contributed by atoms with Crippen LogP contribution in [0, 0.1) is 13.8 Å². The molecular formula is C50H58N6O6. The summed E-state index contributed by atoms with van der Waals surface area (Å²) in [6.07, 6.45) is 4.22. The van der Waals surface area contributed by atoms with E-state index in [4.69, 9.17) is 9.97 Å². The summed E-state index contributed by atoms with van der Waals surface area (Å²) in [5, 5.41) is 14.9. The second-order valence-electron chi connectivity index (χ2n) is 15.1. The number of aromatic nitrogens is 2. The van der Waals surface area contributed by atoms with Gasteiger partial charge in [0.2, 0.25) is 0 Å². The average Bonchev–Trinajstić information content (AvgIpc) is 3.29. The lowest BCUT2D eigenvalue weighted by atomic mass is 10.00. The third-order valence-electron chi connectivity index (χ3n) is 10.4. The van der Waals surface area contributed by atoms with Crippen LogP contribution in [-0.2, 0) is 19.1 Å². The number of esters is 2. The molecule has 0 radical (unpaired) electrons. The van der Waals surface area contributed by atoms with Gasteiger partial charge >= 0.3 is 11.9 Å². The van der Waals surface area contributed by atoms with Crippen molar-refractivity contribution in [3.63, 3.8) is 0 Å². The molecule has 6 aromatic rings. The number of carbonyl (C=O) groups excluding carboxylic acids is 4. The van der Waals surface area contributed by atoms with Gasteiger partial charge in [0.25, 0.3) is 11.8 Å². The van der Waals surface area contributed by atoms with Gasteiger partial charge in [-0.15, -0.1) is 0 Å². The highest BCUT2D eigenvalue weighted by molar-refractivity contribution is 5.95. The van der Waals surface area contributed by atoms with Crippen molar-refractivity contribution in [3.05, 3.63) is 143 Å². The summed E-state index contributed by atoms with van der Waals surface area (Å²) in [6.45, 7) is 8.93. The molecule has 2 heterocycles. The summed E-state index contributed by atoms with van der Waals surface area (Å²) in [5.74, 6) is 0.650. The number of hydrogen-bond donors (Lipinski definition) is 4. The van der Waals surface area contributed by atoms with Crippen molar-refractivity contribution >= 4 is 57.2 Å². The summed E-state index contributed by atoms with van der Waals surface area (Å²) in [6, 6.07) is 35.8. The number of benzene rings is 4. The Morgan fingerprint density at radius 3 is 1.27 bits per heavy atom. The van der Waals surface area contributed by atoms with E-state index in [9.17, 15) is 19.2 Å². The molecular weight excluding hydrogens is 781 g/mol. The molecule has 0 spiro atoms. The molecule has 0 bridgehead atoms. The average molecular weight is 839 g/mol. The minimum atomic E-state index is -0.346. The Bertz CT molecular complexity index is 2270. The lowest BCUT2D eigenvalue weighted by Gasteiger charge is -2.21. The molecule has 2 amide bonds. The normalized spacial score (nSPS) is 11.7. The zero-order valence-electron chi connectivity index (χ0n) is 36.5. The van der Waals surface area contributed by atoms with Crippen molar-refractivity contribution in [2.75, 3.05) is 37.9 Å². The Hall–Kier alpha value is -6.82. The van der Waals surface area contributed by atoms with Gasteiger partial charge in [0.1, 0.15) is 11.6 Å². The number of nitrogens with one attached hydrogen (secondary N) is 4. The van der Waals surface area contributed by atoms with Crippen molar-refractivity contribution in [2.24, 2.45) is 0 Å². The summed E-state index contributed by atoms with van der Waals surface area (Å²) < 4.78 is 9.16. The summed E-state index contributed by atoms with van der Waals surface area (Å²) in [4.78, 5) is 56.5. The third-order valence-corrected chi connectivity index (χ3v) is 10.4. The zero-order chi connectivity index (χ0) is 44.4. The Balaban J connectivity index is 0.000000234. The molecule has 4 aromatic carbocycles. The largest absolute Gasteiger partial charge is 0.469 e. The number of amides is 2. The highest BCUT2D eigenvalue weighted by Gasteiger charge is 2.17. The monoisotopic (exact) mass is 838 g/mol. The topological polar surface area (TPSA) is 161 Å². The van der Waals surface area contributed by atoms with Crippen molar-refractivity contribution in [1.82, 2.24) is 20.6 Å². The zero-order valence-corrected chi connectivity index (χ0v) is 36.5. The molecule has 2 atom stereocenters. The first kappa shape index (κ1) is 46.2. The number of nitrogens with zero attached hydrogens (tertiary/aromatic N) is 2. The quantitative estimate of drug-likeness (QED) is 0.0614. The van der Waals surface area contributed by atoms with Crippen molar-refractivity contribution in [3.8, 4) is 0 Å². The maximum absolute atomic E-state index is 12.3. The molecule has 324 valence electrons. The van der Waals surface area contributed by atoms with Crippen molar-refractivity contribution in [2.45, 2.75) is 78.3 Å². The molecule has 4 N–H and O–H groups in total. The van der Waals surface area contributed by atoms with Crippen LogP contribution in [0.5, 0.6) is 0 Å². The number of rotatable bonds is 18. The highest BCUT2D eigenvalue weighted by Crippen LogP contribution is 2.29. The second-order valence-corrected chi connectivity index (χ2v) is 15.1. The summed E-state index contributed by atoms with van der Waals surface area (Å²) in [5.41, 5.74) is 7.44. The van der Waals surface area contributed by atoms with E-state index in [2.05, 4.69) is 82.7 Å². The number of ether oxygens (including phenoxy) is 2. The first-order chi connectivity index (χ1) is 30.0. The van der Waals surface area contributed by atoms with Gasteiger partial charge in [-0.25, -0.2) is 9.97 Å². The number of anilines is 2. The SMILES string of the molecule is CCC[C@@H](Nc1nc2ccccc2cc1C)c1ccc(C(=O)NCCC(=O)OC)cc1.CCC[C@H](Nc1nc2ccccc2cc1C)c1ccc(C(=O)NCCC(=O)OC)cc1. The maximum Gasteiger partial charge on any atom is 0.307 e. The van der Waals surface area contributed by atoms with E-state index in [1.54, 1.807) is 0 Å². The van der Waals surface area contributed by atoms with Crippen LogP contribution < -0.4 is 21.3 Å². The second kappa shape index (κ2) is 23.3. The van der Waals surface area contributed by atoms with E-state index in [1.165, 1.54) is 14.2 Å². The fraction of sp³-hybridized carbons (Fsp3) is 0.320. The number of fused-ring (bicyclic) bond motifs is 2. The van der Waals surface area contributed by atoms with Gasteiger partial charge in [-0.3, -0.25) is 19.2 Å². The Morgan fingerprint density at radius 1 is 0.548 bits per heavy atom. The van der Waals surface area contributed by atoms with E-state index in [-0.39, 0.29) is 61.8 Å². The molecule has 0 aliphatic heterocycles. The maximum atomic E-state index is 12.3. The minimum absolute atomic E-state index is 0.0915. The van der Waals surface area contributed by atoms with E-state index in [0.29, 0.717) is 11.1 Å². The molecule has 12 heteroatoms. The van der Waals surface area contributed by atoms with Crippen LogP contribution in [0.25, 0.3) is 21.8 Å². The predicted molar refractivity (Wildman–Crippen MR) is 246 cm³/mol. The van der Waals surface area contributed by atoms with Gasteiger partial charge in [0.15, 0.2) is 0 Å². The van der Waals surface area contributed by atoms with Gasteiger partial charge in [0, 0.05) is 35.0 Å². The van der Waals surface area contributed by atoms with Gasteiger partial charge in [-0.2, -0.15) is 0 Å². The van der Waals surface area contributed by atoms with Crippen molar-refractivity contribution in [1.29, 1.82) is 0 Å². The number of aryl methyl sites for hydroxylation is 2. The number of carbonyl (C=O) groups is 4. The molecule has 62 heavy (non-hydrogen) atoms. The number of hydrogen-bond acceptors (Lipinski definition) is 10. The third kappa shape index (κ3) is 13.1.